The van der Waals surface area contributed by atoms with Gasteiger partial charge in [-0.2, -0.15) is 0 Å². The standard InChI is InChI=1S/C16H24N4O4/c1-11-14(15(21)24-16(2,3)4)19(9-8-18(11)5)12-6-7-13(17-10-12)20(22)23/h6-7,10-11,14H,8-9H2,1-5H3. The van der Waals surface area contributed by atoms with Gasteiger partial charge in [-0.3, -0.25) is 4.90 Å². The third-order valence-electron chi connectivity index (χ3n) is 4.08. The zero-order valence-electron chi connectivity index (χ0n) is 14.7. The molecule has 0 spiro atoms. The molecule has 2 unspecified atom stereocenters. The van der Waals surface area contributed by atoms with Crippen LogP contribution in [0.1, 0.15) is 27.7 Å². The van der Waals surface area contributed by atoms with Crippen LogP contribution in [0, 0.1) is 10.1 Å². The average Bonchev–Trinajstić information content (AvgIpc) is 2.48. The molecule has 24 heavy (non-hydrogen) atoms. The molecule has 1 aliphatic rings. The zero-order valence-corrected chi connectivity index (χ0v) is 14.7. The van der Waals surface area contributed by atoms with Gasteiger partial charge in [-0.1, -0.05) is 0 Å². The van der Waals surface area contributed by atoms with Crippen molar-refractivity contribution in [1.82, 2.24) is 9.88 Å². The molecule has 0 radical (unpaired) electrons. The summed E-state index contributed by atoms with van der Waals surface area (Å²) < 4.78 is 5.57. The van der Waals surface area contributed by atoms with E-state index in [4.69, 9.17) is 4.74 Å². The monoisotopic (exact) mass is 336 g/mol. The Hall–Kier alpha value is -2.22. The summed E-state index contributed by atoms with van der Waals surface area (Å²) in [5, 5.41) is 10.8. The fraction of sp³-hybridized carbons (Fsp3) is 0.625. The molecule has 0 bridgehead atoms. The highest BCUT2D eigenvalue weighted by molar-refractivity contribution is 5.81. The maximum absolute atomic E-state index is 12.7. The first-order valence-electron chi connectivity index (χ1n) is 7.90. The number of hydrogen-bond donors (Lipinski definition) is 0. The van der Waals surface area contributed by atoms with Gasteiger partial charge in [-0.05, 0) is 50.7 Å². The highest BCUT2D eigenvalue weighted by Crippen LogP contribution is 2.26. The van der Waals surface area contributed by atoms with E-state index in [1.807, 2.05) is 39.6 Å². The minimum atomic E-state index is -0.577. The Morgan fingerprint density at radius 3 is 2.54 bits per heavy atom. The Balaban J connectivity index is 2.30. The third kappa shape index (κ3) is 4.00. The van der Waals surface area contributed by atoms with Crippen molar-refractivity contribution in [3.8, 4) is 0 Å². The number of rotatable bonds is 3. The van der Waals surface area contributed by atoms with Crippen molar-refractivity contribution in [3.63, 3.8) is 0 Å². The van der Waals surface area contributed by atoms with Crippen molar-refractivity contribution in [3.05, 3.63) is 28.4 Å². The van der Waals surface area contributed by atoms with E-state index in [9.17, 15) is 14.9 Å². The molecule has 1 aromatic heterocycles. The Kier molecular flexibility index (Phi) is 5.08. The molecule has 0 N–H and O–H groups in total. The molecule has 0 saturated carbocycles. The largest absolute Gasteiger partial charge is 0.458 e. The molecule has 1 saturated heterocycles. The second-order valence-electron chi connectivity index (χ2n) is 7.02. The summed E-state index contributed by atoms with van der Waals surface area (Å²) >= 11 is 0. The lowest BCUT2D eigenvalue weighted by molar-refractivity contribution is -0.389. The number of ether oxygens (including phenoxy) is 1. The Bertz CT molecular complexity index is 611. The summed E-state index contributed by atoms with van der Waals surface area (Å²) in [6, 6.07) is 2.43. The van der Waals surface area contributed by atoms with Crippen LogP contribution in [0.2, 0.25) is 0 Å². The highest BCUT2D eigenvalue weighted by atomic mass is 16.6. The number of carbonyl (C=O) groups excluding carboxylic acids is 1. The predicted octanol–water partition coefficient (Wildman–Crippen LogP) is 1.84. The lowest BCUT2D eigenvalue weighted by Gasteiger charge is -2.44. The van der Waals surface area contributed by atoms with E-state index < -0.39 is 16.6 Å². The molecule has 132 valence electrons. The maximum Gasteiger partial charge on any atom is 0.363 e. The number of aromatic nitrogens is 1. The van der Waals surface area contributed by atoms with Crippen LogP contribution < -0.4 is 4.90 Å². The molecule has 1 aromatic rings. The second kappa shape index (κ2) is 6.72. The number of likely N-dealkylation sites (N-methyl/N-ethyl adjacent to an activating group) is 1. The fourth-order valence-corrected chi connectivity index (χ4v) is 2.74. The Morgan fingerprint density at radius 1 is 1.38 bits per heavy atom. The molecule has 1 aliphatic heterocycles. The second-order valence-corrected chi connectivity index (χ2v) is 7.02. The van der Waals surface area contributed by atoms with E-state index in [0.29, 0.717) is 12.2 Å². The number of carbonyl (C=O) groups is 1. The van der Waals surface area contributed by atoms with Crippen LogP contribution in [-0.2, 0) is 9.53 Å². The van der Waals surface area contributed by atoms with Gasteiger partial charge in [-0.25, -0.2) is 4.79 Å². The van der Waals surface area contributed by atoms with Crippen LogP contribution in [-0.4, -0.2) is 58.6 Å². The lowest BCUT2D eigenvalue weighted by atomic mass is 10.0. The van der Waals surface area contributed by atoms with Crippen LogP contribution in [0.4, 0.5) is 11.5 Å². The summed E-state index contributed by atoms with van der Waals surface area (Å²) in [4.78, 5) is 30.8. The smallest absolute Gasteiger partial charge is 0.363 e. The SMILES string of the molecule is CC1C(C(=O)OC(C)(C)C)N(c2ccc([N+](=O)[O-])nc2)CCN1C. The summed E-state index contributed by atoms with van der Waals surface area (Å²) in [5.41, 5.74) is 0.100. The third-order valence-corrected chi connectivity index (χ3v) is 4.08. The van der Waals surface area contributed by atoms with Crippen molar-refractivity contribution in [2.24, 2.45) is 0 Å². The fourth-order valence-electron chi connectivity index (χ4n) is 2.74. The summed E-state index contributed by atoms with van der Waals surface area (Å²) in [7, 11) is 1.97. The normalized spacial score (nSPS) is 22.3. The summed E-state index contributed by atoms with van der Waals surface area (Å²) in [5.74, 6) is -0.519. The molecular formula is C16H24N4O4. The average molecular weight is 336 g/mol. The van der Waals surface area contributed by atoms with Crippen LogP contribution in [0.5, 0.6) is 0 Å². The first-order valence-corrected chi connectivity index (χ1v) is 7.90. The number of pyridine rings is 1. The number of nitrogens with zero attached hydrogens (tertiary/aromatic N) is 4. The van der Waals surface area contributed by atoms with Crippen molar-refractivity contribution < 1.29 is 14.5 Å². The van der Waals surface area contributed by atoms with E-state index in [1.165, 1.54) is 12.3 Å². The van der Waals surface area contributed by atoms with Gasteiger partial charge in [-0.15, -0.1) is 0 Å². The summed E-state index contributed by atoms with van der Waals surface area (Å²) in [6.45, 7) is 8.86. The van der Waals surface area contributed by atoms with Gasteiger partial charge in [0.25, 0.3) is 0 Å². The quantitative estimate of drug-likeness (QED) is 0.473. The van der Waals surface area contributed by atoms with Crippen molar-refractivity contribution in [2.45, 2.75) is 45.4 Å². The topological polar surface area (TPSA) is 88.8 Å². The minimum Gasteiger partial charge on any atom is -0.458 e. The van der Waals surface area contributed by atoms with Crippen molar-refractivity contribution >= 4 is 17.5 Å². The summed E-state index contributed by atoms with van der Waals surface area (Å²) in [6.07, 6.45) is 1.44. The van der Waals surface area contributed by atoms with E-state index in [2.05, 4.69) is 9.88 Å². The van der Waals surface area contributed by atoms with Gasteiger partial charge in [0.15, 0.2) is 6.20 Å². The van der Waals surface area contributed by atoms with Crippen LogP contribution in [0.25, 0.3) is 0 Å². The number of hydrogen-bond acceptors (Lipinski definition) is 7. The molecule has 1 fully saturated rings. The van der Waals surface area contributed by atoms with E-state index >= 15 is 0 Å². The lowest BCUT2D eigenvalue weighted by Crippen LogP contribution is -2.61. The van der Waals surface area contributed by atoms with Crippen LogP contribution in [0.3, 0.4) is 0 Å². The minimum absolute atomic E-state index is 0.0520. The number of anilines is 1. The van der Waals surface area contributed by atoms with Crippen molar-refractivity contribution in [1.29, 1.82) is 0 Å². The van der Waals surface area contributed by atoms with Crippen LogP contribution in [0.15, 0.2) is 18.3 Å². The van der Waals surface area contributed by atoms with E-state index in [-0.39, 0.29) is 17.8 Å². The highest BCUT2D eigenvalue weighted by Gasteiger charge is 2.40. The number of piperazine rings is 1. The molecule has 2 heterocycles. The van der Waals surface area contributed by atoms with Gasteiger partial charge in [0.05, 0.1) is 5.69 Å². The van der Waals surface area contributed by atoms with Gasteiger partial charge < -0.3 is 19.8 Å². The van der Waals surface area contributed by atoms with Crippen molar-refractivity contribution in [2.75, 3.05) is 25.0 Å². The zero-order chi connectivity index (χ0) is 18.1. The Morgan fingerprint density at radius 2 is 2.04 bits per heavy atom. The molecule has 8 heteroatoms. The molecule has 0 aliphatic carbocycles. The number of esters is 1. The van der Waals surface area contributed by atoms with E-state index in [1.54, 1.807) is 6.07 Å². The number of nitro groups is 1. The first kappa shape index (κ1) is 18.1. The van der Waals surface area contributed by atoms with Gasteiger partial charge in [0, 0.05) is 25.2 Å². The van der Waals surface area contributed by atoms with Gasteiger partial charge in [0.2, 0.25) is 0 Å². The first-order chi connectivity index (χ1) is 11.1. The van der Waals surface area contributed by atoms with Gasteiger partial charge >= 0.3 is 11.8 Å². The molecular weight excluding hydrogens is 312 g/mol. The maximum atomic E-state index is 12.7. The van der Waals surface area contributed by atoms with Gasteiger partial charge in [0.1, 0.15) is 11.6 Å². The van der Waals surface area contributed by atoms with Crippen LogP contribution >= 0.6 is 0 Å². The van der Waals surface area contributed by atoms with E-state index in [0.717, 1.165) is 6.54 Å². The molecule has 0 aromatic carbocycles. The predicted molar refractivity (Wildman–Crippen MR) is 90.0 cm³/mol. The molecule has 0 amide bonds. The molecule has 2 atom stereocenters. The molecule has 2 rings (SSSR count). The Labute approximate surface area is 141 Å². The molecule has 8 nitrogen and oxygen atoms in total.